The van der Waals surface area contributed by atoms with Crippen molar-refractivity contribution in [2.75, 3.05) is 4.90 Å². The number of hydrogen-bond acceptors (Lipinski definition) is 6. The quantitative estimate of drug-likeness (QED) is 0.145. The third kappa shape index (κ3) is 4.42. The molecule has 4 rings (SSSR count). The standard InChI is InChI=1S/C20H9BrCl2N2O4S2/c21-14-7-11(25(27)28)1-4-13(14)17-6-3-12(29-17)9-18-19(26)24(20(30)31-18)10-2-5-15(22)16(23)8-10/h1-9H/b18-9-. The van der Waals surface area contributed by atoms with Crippen molar-refractivity contribution in [2.24, 2.45) is 0 Å². The monoisotopic (exact) mass is 554 g/mol. The fraction of sp³-hybridized carbons (Fsp3) is 0. The zero-order valence-corrected chi connectivity index (χ0v) is 19.9. The predicted molar refractivity (Wildman–Crippen MR) is 131 cm³/mol. The van der Waals surface area contributed by atoms with E-state index >= 15 is 0 Å². The van der Waals surface area contributed by atoms with Crippen LogP contribution < -0.4 is 4.90 Å². The predicted octanol–water partition coefficient (Wildman–Crippen LogP) is 7.33. The number of carbonyl (C=O) groups is 1. The Morgan fingerprint density at radius 2 is 1.90 bits per heavy atom. The molecule has 31 heavy (non-hydrogen) atoms. The van der Waals surface area contributed by atoms with Gasteiger partial charge in [0.05, 0.1) is 25.6 Å². The molecule has 1 aliphatic rings. The average molecular weight is 556 g/mol. The Hall–Kier alpha value is -2.17. The van der Waals surface area contributed by atoms with Gasteiger partial charge in [0, 0.05) is 28.2 Å². The lowest BCUT2D eigenvalue weighted by Gasteiger charge is -2.15. The summed E-state index contributed by atoms with van der Waals surface area (Å²) in [7, 11) is 0. The first-order valence-electron chi connectivity index (χ1n) is 8.52. The Morgan fingerprint density at radius 1 is 1.13 bits per heavy atom. The molecule has 2 heterocycles. The zero-order valence-electron chi connectivity index (χ0n) is 15.2. The topological polar surface area (TPSA) is 76.6 Å². The lowest BCUT2D eigenvalue weighted by Crippen LogP contribution is -2.27. The summed E-state index contributed by atoms with van der Waals surface area (Å²) in [5.74, 6) is 0.630. The molecule has 0 radical (unpaired) electrons. The highest BCUT2D eigenvalue weighted by molar-refractivity contribution is 9.10. The minimum absolute atomic E-state index is 0.0339. The molecule has 0 spiro atoms. The maximum absolute atomic E-state index is 12.9. The van der Waals surface area contributed by atoms with Crippen LogP contribution in [0.1, 0.15) is 5.76 Å². The number of carbonyl (C=O) groups excluding carboxylic acids is 1. The second-order valence-electron chi connectivity index (χ2n) is 6.24. The first-order chi connectivity index (χ1) is 14.7. The summed E-state index contributed by atoms with van der Waals surface area (Å²) in [6, 6.07) is 12.7. The smallest absolute Gasteiger partial charge is 0.270 e. The minimum Gasteiger partial charge on any atom is -0.457 e. The first kappa shape index (κ1) is 22.0. The number of thiocarbonyl (C=S) groups is 1. The summed E-state index contributed by atoms with van der Waals surface area (Å²) in [6.07, 6.45) is 1.60. The van der Waals surface area contributed by atoms with Crippen LogP contribution in [0.3, 0.4) is 0 Å². The van der Waals surface area contributed by atoms with Gasteiger partial charge >= 0.3 is 0 Å². The molecule has 0 bridgehead atoms. The number of nitrogens with zero attached hydrogens (tertiary/aromatic N) is 2. The lowest BCUT2D eigenvalue weighted by molar-refractivity contribution is -0.384. The maximum atomic E-state index is 12.9. The summed E-state index contributed by atoms with van der Waals surface area (Å²) < 4.78 is 6.71. The van der Waals surface area contributed by atoms with E-state index in [0.29, 0.717) is 46.5 Å². The van der Waals surface area contributed by atoms with Crippen molar-refractivity contribution < 1.29 is 14.1 Å². The largest absolute Gasteiger partial charge is 0.457 e. The summed E-state index contributed by atoms with van der Waals surface area (Å²) in [5, 5.41) is 11.6. The summed E-state index contributed by atoms with van der Waals surface area (Å²) in [4.78, 5) is 25.1. The number of furan rings is 1. The van der Waals surface area contributed by atoms with Crippen LogP contribution in [0.15, 0.2) is 62.3 Å². The van der Waals surface area contributed by atoms with Crippen molar-refractivity contribution in [1.82, 2.24) is 0 Å². The van der Waals surface area contributed by atoms with Crippen molar-refractivity contribution in [1.29, 1.82) is 0 Å². The Morgan fingerprint density at radius 3 is 2.58 bits per heavy atom. The highest BCUT2D eigenvalue weighted by Gasteiger charge is 2.33. The van der Waals surface area contributed by atoms with E-state index in [1.165, 1.54) is 17.0 Å². The van der Waals surface area contributed by atoms with Crippen LogP contribution in [0.2, 0.25) is 10.0 Å². The number of non-ortho nitro benzene ring substituents is 1. The van der Waals surface area contributed by atoms with Gasteiger partial charge in [0.15, 0.2) is 4.32 Å². The number of amides is 1. The molecule has 1 saturated heterocycles. The first-order valence-corrected chi connectivity index (χ1v) is 11.3. The van der Waals surface area contributed by atoms with Crippen molar-refractivity contribution >= 4 is 90.8 Å². The number of nitro groups is 1. The molecule has 11 heteroatoms. The maximum Gasteiger partial charge on any atom is 0.270 e. The Kier molecular flexibility index (Phi) is 6.23. The number of nitro benzene ring substituents is 1. The van der Waals surface area contributed by atoms with E-state index in [1.807, 2.05) is 0 Å². The van der Waals surface area contributed by atoms with E-state index in [9.17, 15) is 14.9 Å². The minimum atomic E-state index is -0.474. The van der Waals surface area contributed by atoms with Gasteiger partial charge < -0.3 is 4.42 Å². The van der Waals surface area contributed by atoms with E-state index < -0.39 is 4.92 Å². The molecule has 3 aromatic rings. The Bertz CT molecular complexity index is 1290. The summed E-state index contributed by atoms with van der Waals surface area (Å²) in [5.41, 5.74) is 1.14. The molecule has 0 saturated carbocycles. The van der Waals surface area contributed by atoms with Gasteiger partial charge in [-0.1, -0.05) is 47.2 Å². The average Bonchev–Trinajstić information content (AvgIpc) is 3.28. The summed E-state index contributed by atoms with van der Waals surface area (Å²) >= 11 is 21.8. The second-order valence-corrected chi connectivity index (χ2v) is 9.58. The highest BCUT2D eigenvalue weighted by Crippen LogP contribution is 2.39. The van der Waals surface area contributed by atoms with Gasteiger partial charge in [0.2, 0.25) is 0 Å². The van der Waals surface area contributed by atoms with Crippen LogP contribution in [0.5, 0.6) is 0 Å². The molecule has 0 N–H and O–H groups in total. The number of anilines is 1. The number of benzene rings is 2. The number of hydrogen-bond donors (Lipinski definition) is 0. The van der Waals surface area contributed by atoms with Crippen LogP contribution >= 0.6 is 63.1 Å². The molecule has 0 aliphatic carbocycles. The fourth-order valence-electron chi connectivity index (χ4n) is 2.84. The summed E-state index contributed by atoms with van der Waals surface area (Å²) in [6.45, 7) is 0. The molecule has 6 nitrogen and oxygen atoms in total. The van der Waals surface area contributed by atoms with Crippen LogP contribution in [0.4, 0.5) is 11.4 Å². The van der Waals surface area contributed by atoms with Gasteiger partial charge in [0.1, 0.15) is 11.5 Å². The number of thioether (sulfide) groups is 1. The molecule has 1 aliphatic heterocycles. The Balaban J connectivity index is 1.61. The third-order valence-electron chi connectivity index (χ3n) is 4.28. The lowest BCUT2D eigenvalue weighted by atomic mass is 10.1. The van der Waals surface area contributed by atoms with E-state index in [-0.39, 0.29) is 11.6 Å². The van der Waals surface area contributed by atoms with E-state index in [4.69, 9.17) is 39.8 Å². The van der Waals surface area contributed by atoms with Crippen molar-refractivity contribution in [3.05, 3.63) is 83.8 Å². The van der Waals surface area contributed by atoms with Gasteiger partial charge in [-0.2, -0.15) is 0 Å². The Labute approximate surface area is 204 Å². The molecule has 0 unspecified atom stereocenters. The highest BCUT2D eigenvalue weighted by atomic mass is 79.9. The van der Waals surface area contributed by atoms with Crippen molar-refractivity contribution in [2.45, 2.75) is 0 Å². The molecular formula is C20H9BrCl2N2O4S2. The van der Waals surface area contributed by atoms with Crippen LogP contribution in [0.25, 0.3) is 17.4 Å². The van der Waals surface area contributed by atoms with E-state index in [1.54, 1.807) is 42.5 Å². The van der Waals surface area contributed by atoms with Gasteiger partial charge in [-0.05, 0) is 52.3 Å². The van der Waals surface area contributed by atoms with E-state index in [0.717, 1.165) is 11.8 Å². The van der Waals surface area contributed by atoms with Crippen LogP contribution in [-0.2, 0) is 4.79 Å². The molecule has 0 atom stereocenters. The SMILES string of the molecule is O=C1/C(=C/c2ccc(-c3ccc([N+](=O)[O-])cc3Br)o2)SC(=S)N1c1ccc(Cl)c(Cl)c1. The second kappa shape index (κ2) is 8.76. The van der Waals surface area contributed by atoms with Crippen molar-refractivity contribution in [3.8, 4) is 11.3 Å². The van der Waals surface area contributed by atoms with Gasteiger partial charge in [-0.25, -0.2) is 0 Å². The van der Waals surface area contributed by atoms with Crippen molar-refractivity contribution in [3.63, 3.8) is 0 Å². The number of halogens is 3. The van der Waals surface area contributed by atoms with Crippen LogP contribution in [-0.4, -0.2) is 15.2 Å². The van der Waals surface area contributed by atoms with E-state index in [2.05, 4.69) is 15.9 Å². The number of rotatable bonds is 4. The van der Waals surface area contributed by atoms with Crippen LogP contribution in [0, 0.1) is 10.1 Å². The molecule has 1 fully saturated rings. The third-order valence-corrected chi connectivity index (χ3v) is 6.98. The molecule has 1 amide bonds. The molecule has 2 aromatic carbocycles. The normalized spacial score (nSPS) is 15.2. The molecule has 156 valence electrons. The van der Waals surface area contributed by atoms with Gasteiger partial charge in [0.25, 0.3) is 11.6 Å². The molecule has 1 aromatic heterocycles. The fourth-order valence-corrected chi connectivity index (χ4v) is 4.97. The molecular weight excluding hydrogens is 547 g/mol. The zero-order chi connectivity index (χ0) is 22.3. The van der Waals surface area contributed by atoms with Gasteiger partial charge in [-0.15, -0.1) is 0 Å². The van der Waals surface area contributed by atoms with Gasteiger partial charge in [-0.3, -0.25) is 19.8 Å².